The van der Waals surface area contributed by atoms with Gasteiger partial charge < -0.3 is 5.11 Å². The Morgan fingerprint density at radius 2 is 2.05 bits per heavy atom. The van der Waals surface area contributed by atoms with Crippen molar-refractivity contribution in [3.05, 3.63) is 39.2 Å². The topological polar surface area (TPSA) is 66.4 Å². The van der Waals surface area contributed by atoms with Crippen LogP contribution in [0.4, 0.5) is 5.69 Å². The lowest BCUT2D eigenvalue weighted by atomic mass is 10.1. The maximum Gasteiger partial charge on any atom is 0.271 e. The fourth-order valence-corrected chi connectivity index (χ4v) is 4.93. The lowest BCUT2D eigenvalue weighted by Crippen LogP contribution is -2.11. The van der Waals surface area contributed by atoms with Crippen LogP contribution in [-0.2, 0) is 16.4 Å². The molecule has 0 radical (unpaired) electrons. The Kier molecular flexibility index (Phi) is 4.41. The third kappa shape index (κ3) is 3.16. The van der Waals surface area contributed by atoms with Gasteiger partial charge in [0.15, 0.2) is 0 Å². The third-order valence-corrected chi connectivity index (χ3v) is 6.79. The molecule has 0 unspecified atom stereocenters. The molecule has 0 bridgehead atoms. The highest BCUT2D eigenvalue weighted by molar-refractivity contribution is 9.11. The predicted octanol–water partition coefficient (Wildman–Crippen LogP) is 3.89. The molecule has 0 spiro atoms. The minimum Gasteiger partial charge on any atom is -0.506 e. The van der Waals surface area contributed by atoms with E-state index in [2.05, 4.69) is 20.7 Å². The number of thiophene rings is 1. The van der Waals surface area contributed by atoms with Crippen molar-refractivity contribution in [2.24, 2.45) is 0 Å². The van der Waals surface area contributed by atoms with Crippen LogP contribution in [-0.4, -0.2) is 13.5 Å². The van der Waals surface area contributed by atoms with Crippen molar-refractivity contribution in [2.75, 3.05) is 4.72 Å². The van der Waals surface area contributed by atoms with E-state index in [1.807, 2.05) is 13.8 Å². The van der Waals surface area contributed by atoms with Gasteiger partial charge in [0.25, 0.3) is 10.0 Å². The lowest BCUT2D eigenvalue weighted by Gasteiger charge is -2.09. The summed E-state index contributed by atoms with van der Waals surface area (Å²) in [5.74, 6) is -0.0851. The Labute approximate surface area is 130 Å². The summed E-state index contributed by atoms with van der Waals surface area (Å²) in [5, 5.41) is 9.77. The maximum atomic E-state index is 12.3. The molecule has 1 aromatic carbocycles. The van der Waals surface area contributed by atoms with Crippen LogP contribution in [0.15, 0.2) is 32.3 Å². The number of aromatic hydroxyl groups is 1. The zero-order valence-corrected chi connectivity index (χ0v) is 14.2. The number of hydrogen-bond acceptors (Lipinski definition) is 4. The number of nitrogens with one attached hydrogen (secondary N) is 1. The molecule has 0 aliphatic rings. The summed E-state index contributed by atoms with van der Waals surface area (Å²) >= 11 is 4.45. The molecule has 2 N–H and O–H groups in total. The summed E-state index contributed by atoms with van der Waals surface area (Å²) in [6.07, 6.45) is 0.763. The van der Waals surface area contributed by atoms with E-state index in [0.717, 1.165) is 32.7 Å². The maximum absolute atomic E-state index is 12.3. The molecule has 1 aromatic heterocycles. The van der Waals surface area contributed by atoms with Crippen molar-refractivity contribution in [2.45, 2.75) is 24.5 Å². The molecule has 20 heavy (non-hydrogen) atoms. The summed E-state index contributed by atoms with van der Waals surface area (Å²) in [7, 11) is -3.68. The molecule has 0 aliphatic heterocycles. The molecule has 0 saturated heterocycles. The first kappa shape index (κ1) is 15.3. The molecule has 0 fully saturated rings. The smallest absolute Gasteiger partial charge is 0.271 e. The Bertz CT molecular complexity index is 719. The highest BCUT2D eigenvalue weighted by Gasteiger charge is 2.19. The van der Waals surface area contributed by atoms with E-state index in [0.29, 0.717) is 0 Å². The van der Waals surface area contributed by atoms with Gasteiger partial charge in [-0.25, -0.2) is 8.42 Å². The van der Waals surface area contributed by atoms with Gasteiger partial charge in [-0.15, -0.1) is 11.3 Å². The van der Waals surface area contributed by atoms with Gasteiger partial charge in [-0.2, -0.15) is 0 Å². The van der Waals surface area contributed by atoms with Crippen LogP contribution in [0.3, 0.4) is 0 Å². The minimum atomic E-state index is -3.68. The number of sulfonamides is 1. The molecular formula is C13H14BrNO3S2. The van der Waals surface area contributed by atoms with E-state index in [1.54, 1.807) is 18.2 Å². The zero-order valence-electron chi connectivity index (χ0n) is 11.0. The predicted molar refractivity (Wildman–Crippen MR) is 85.0 cm³/mol. The number of hydrogen-bond donors (Lipinski definition) is 2. The molecule has 0 amide bonds. The second kappa shape index (κ2) is 5.75. The second-order valence-electron chi connectivity index (χ2n) is 4.33. The van der Waals surface area contributed by atoms with E-state index in [9.17, 15) is 13.5 Å². The van der Waals surface area contributed by atoms with Gasteiger partial charge in [-0.1, -0.05) is 13.0 Å². The van der Waals surface area contributed by atoms with Crippen LogP contribution in [0.2, 0.25) is 0 Å². The van der Waals surface area contributed by atoms with Crippen LogP contribution in [0.25, 0.3) is 0 Å². The van der Waals surface area contributed by atoms with E-state index in [-0.39, 0.29) is 15.6 Å². The van der Waals surface area contributed by atoms with Crippen LogP contribution in [0.5, 0.6) is 5.75 Å². The van der Waals surface area contributed by atoms with Crippen molar-refractivity contribution >= 4 is 43.0 Å². The van der Waals surface area contributed by atoms with Crippen molar-refractivity contribution in [1.29, 1.82) is 0 Å². The Morgan fingerprint density at radius 1 is 1.35 bits per heavy atom. The lowest BCUT2D eigenvalue weighted by molar-refractivity contribution is 0.477. The fourth-order valence-electron chi connectivity index (χ4n) is 1.64. The summed E-state index contributed by atoms with van der Waals surface area (Å²) in [6, 6.07) is 6.49. The third-order valence-electron chi connectivity index (χ3n) is 2.81. The number of halogens is 1. The van der Waals surface area contributed by atoms with Gasteiger partial charge in [0.1, 0.15) is 9.96 Å². The molecular weight excluding hydrogens is 362 g/mol. The molecule has 0 saturated carbocycles. The number of benzene rings is 1. The summed E-state index contributed by atoms with van der Waals surface area (Å²) in [5.41, 5.74) is 2.01. The first-order valence-corrected chi connectivity index (χ1v) is 9.03. The van der Waals surface area contributed by atoms with Gasteiger partial charge in [0, 0.05) is 0 Å². The molecule has 2 rings (SSSR count). The molecule has 0 aliphatic carbocycles. The van der Waals surface area contributed by atoms with E-state index in [4.69, 9.17) is 0 Å². The number of anilines is 1. The summed E-state index contributed by atoms with van der Waals surface area (Å²) in [6.45, 7) is 3.79. The Hall–Kier alpha value is -1.05. The number of rotatable bonds is 4. The van der Waals surface area contributed by atoms with Gasteiger partial charge >= 0.3 is 0 Å². The first-order chi connectivity index (χ1) is 9.33. The summed E-state index contributed by atoms with van der Waals surface area (Å²) < 4.78 is 28.0. The zero-order chi connectivity index (χ0) is 14.9. The molecule has 108 valence electrons. The molecule has 7 heteroatoms. The SMILES string of the molecule is CCc1ccc(O)c(NS(=O)(=O)c2cc(C)c(Br)s2)c1. The number of phenolic OH excluding ortho intramolecular Hbond substituents is 1. The Morgan fingerprint density at radius 3 is 2.60 bits per heavy atom. The van der Waals surface area contributed by atoms with Gasteiger partial charge in [0.05, 0.1) is 9.47 Å². The first-order valence-electron chi connectivity index (χ1n) is 5.94. The van der Waals surface area contributed by atoms with Crippen molar-refractivity contribution in [1.82, 2.24) is 0 Å². The van der Waals surface area contributed by atoms with E-state index < -0.39 is 10.0 Å². The van der Waals surface area contributed by atoms with Gasteiger partial charge in [-0.3, -0.25) is 4.72 Å². The monoisotopic (exact) mass is 375 g/mol. The van der Waals surface area contributed by atoms with Crippen LogP contribution >= 0.6 is 27.3 Å². The van der Waals surface area contributed by atoms with E-state index >= 15 is 0 Å². The molecule has 4 nitrogen and oxygen atoms in total. The highest BCUT2D eigenvalue weighted by Crippen LogP contribution is 2.33. The van der Waals surface area contributed by atoms with E-state index in [1.165, 1.54) is 6.07 Å². The largest absolute Gasteiger partial charge is 0.506 e. The number of phenols is 1. The fraction of sp³-hybridized carbons (Fsp3) is 0.231. The van der Waals surface area contributed by atoms with Gasteiger partial charge in [-0.05, 0) is 58.6 Å². The minimum absolute atomic E-state index is 0.0851. The van der Waals surface area contributed by atoms with Crippen LogP contribution in [0.1, 0.15) is 18.1 Å². The average Bonchev–Trinajstić information content (AvgIpc) is 2.73. The standard InChI is InChI=1S/C13H14BrNO3S2/c1-3-9-4-5-11(16)10(7-9)15-20(17,18)12-6-8(2)13(14)19-12/h4-7,15-16H,3H2,1-2H3. The second-order valence-corrected chi connectivity index (χ2v) is 8.61. The quantitative estimate of drug-likeness (QED) is 0.796. The van der Waals surface area contributed by atoms with Crippen LogP contribution < -0.4 is 4.72 Å². The van der Waals surface area contributed by atoms with Crippen molar-refractivity contribution in [3.8, 4) is 5.75 Å². The summed E-state index contributed by atoms with van der Waals surface area (Å²) in [4.78, 5) is 0. The van der Waals surface area contributed by atoms with Crippen LogP contribution in [0, 0.1) is 6.92 Å². The average molecular weight is 376 g/mol. The highest BCUT2D eigenvalue weighted by atomic mass is 79.9. The molecule has 2 aromatic rings. The molecule has 0 atom stereocenters. The van der Waals surface area contributed by atoms with Crippen molar-refractivity contribution in [3.63, 3.8) is 0 Å². The number of aryl methyl sites for hydroxylation is 2. The van der Waals surface area contributed by atoms with Gasteiger partial charge in [0.2, 0.25) is 0 Å². The van der Waals surface area contributed by atoms with Crippen molar-refractivity contribution < 1.29 is 13.5 Å². The normalized spacial score (nSPS) is 11.6. The Balaban J connectivity index is 2.37. The molecule has 1 heterocycles.